The standard InChI is InChI=1S/C9H7N3O2S/c10-9-5-8(11-15-9)6-1-3-7(4-2-6)12(13)14/h1-5H,10H2. The van der Waals surface area contributed by atoms with Crippen molar-refractivity contribution in [3.05, 3.63) is 40.4 Å². The number of nitro groups is 1. The van der Waals surface area contributed by atoms with Crippen molar-refractivity contribution in [2.75, 3.05) is 5.73 Å². The van der Waals surface area contributed by atoms with E-state index in [1.165, 1.54) is 23.7 Å². The third-order valence-corrected chi connectivity index (χ3v) is 2.52. The van der Waals surface area contributed by atoms with Crippen molar-refractivity contribution in [2.24, 2.45) is 0 Å². The predicted octanol–water partition coefficient (Wildman–Crippen LogP) is 2.30. The predicted molar refractivity (Wildman–Crippen MR) is 58.6 cm³/mol. The highest BCUT2D eigenvalue weighted by Crippen LogP contribution is 2.24. The third-order valence-electron chi connectivity index (χ3n) is 1.90. The summed E-state index contributed by atoms with van der Waals surface area (Å²) in [6.07, 6.45) is 0. The minimum Gasteiger partial charge on any atom is -0.389 e. The van der Waals surface area contributed by atoms with Gasteiger partial charge in [-0.15, -0.1) is 0 Å². The average molecular weight is 221 g/mol. The number of hydrogen-bond donors (Lipinski definition) is 1. The zero-order valence-corrected chi connectivity index (χ0v) is 8.40. The Bertz CT molecular complexity index is 492. The third kappa shape index (κ3) is 1.94. The van der Waals surface area contributed by atoms with E-state index in [2.05, 4.69) is 4.37 Å². The Hall–Kier alpha value is -1.95. The first-order chi connectivity index (χ1) is 7.16. The maximum atomic E-state index is 10.4. The van der Waals surface area contributed by atoms with Crippen molar-refractivity contribution in [3.63, 3.8) is 0 Å². The maximum Gasteiger partial charge on any atom is 0.269 e. The zero-order chi connectivity index (χ0) is 10.8. The van der Waals surface area contributed by atoms with Gasteiger partial charge >= 0.3 is 0 Å². The lowest BCUT2D eigenvalue weighted by atomic mass is 10.1. The van der Waals surface area contributed by atoms with E-state index in [0.29, 0.717) is 5.00 Å². The Labute approximate surface area is 89.5 Å². The molecule has 0 radical (unpaired) electrons. The number of nitrogens with zero attached hydrogens (tertiary/aromatic N) is 2. The number of benzene rings is 1. The Morgan fingerprint density at radius 2 is 2.00 bits per heavy atom. The highest BCUT2D eigenvalue weighted by atomic mass is 32.1. The first-order valence-corrected chi connectivity index (χ1v) is 4.91. The topological polar surface area (TPSA) is 82.0 Å². The van der Waals surface area contributed by atoms with Gasteiger partial charge in [0, 0.05) is 23.8 Å². The minimum atomic E-state index is -0.431. The van der Waals surface area contributed by atoms with Crippen LogP contribution in [0.4, 0.5) is 10.7 Å². The largest absolute Gasteiger partial charge is 0.389 e. The summed E-state index contributed by atoms with van der Waals surface area (Å²) in [6.45, 7) is 0. The van der Waals surface area contributed by atoms with E-state index >= 15 is 0 Å². The molecule has 76 valence electrons. The summed E-state index contributed by atoms with van der Waals surface area (Å²) >= 11 is 1.20. The monoisotopic (exact) mass is 221 g/mol. The van der Waals surface area contributed by atoms with Gasteiger partial charge in [0.05, 0.1) is 10.6 Å². The van der Waals surface area contributed by atoms with E-state index in [1.807, 2.05) is 0 Å². The van der Waals surface area contributed by atoms with E-state index in [-0.39, 0.29) is 5.69 Å². The molecule has 0 unspecified atom stereocenters. The van der Waals surface area contributed by atoms with E-state index in [9.17, 15) is 10.1 Å². The molecule has 0 aliphatic rings. The first-order valence-electron chi connectivity index (χ1n) is 4.14. The van der Waals surface area contributed by atoms with Crippen LogP contribution in [0, 0.1) is 10.1 Å². The first kappa shape index (κ1) is 9.60. The van der Waals surface area contributed by atoms with Gasteiger partial charge in [0.15, 0.2) is 0 Å². The smallest absolute Gasteiger partial charge is 0.269 e. The molecular weight excluding hydrogens is 214 g/mol. The molecule has 0 amide bonds. The molecule has 6 heteroatoms. The van der Waals surface area contributed by atoms with Crippen LogP contribution in [-0.4, -0.2) is 9.30 Å². The molecule has 0 saturated carbocycles. The van der Waals surface area contributed by atoms with Gasteiger partial charge in [0.25, 0.3) is 5.69 Å². The van der Waals surface area contributed by atoms with Crippen LogP contribution in [-0.2, 0) is 0 Å². The molecule has 1 aromatic heterocycles. The van der Waals surface area contributed by atoms with Crippen molar-refractivity contribution in [1.82, 2.24) is 4.37 Å². The lowest BCUT2D eigenvalue weighted by molar-refractivity contribution is -0.384. The Kier molecular flexibility index (Phi) is 2.34. The normalized spacial score (nSPS) is 10.1. The second-order valence-electron chi connectivity index (χ2n) is 2.92. The second kappa shape index (κ2) is 3.66. The molecule has 0 spiro atoms. The number of anilines is 1. The van der Waals surface area contributed by atoms with Crippen LogP contribution in [0.3, 0.4) is 0 Å². The van der Waals surface area contributed by atoms with E-state index in [1.54, 1.807) is 18.2 Å². The summed E-state index contributed by atoms with van der Waals surface area (Å²) < 4.78 is 4.11. The van der Waals surface area contributed by atoms with Crippen molar-refractivity contribution in [1.29, 1.82) is 0 Å². The van der Waals surface area contributed by atoms with Gasteiger partial charge in [-0.25, -0.2) is 0 Å². The number of nitro benzene ring substituents is 1. The van der Waals surface area contributed by atoms with Gasteiger partial charge < -0.3 is 5.73 Å². The van der Waals surface area contributed by atoms with Crippen LogP contribution in [0.15, 0.2) is 30.3 Å². The highest BCUT2D eigenvalue weighted by molar-refractivity contribution is 7.10. The van der Waals surface area contributed by atoms with Gasteiger partial charge in [-0.3, -0.25) is 10.1 Å². The highest BCUT2D eigenvalue weighted by Gasteiger charge is 2.06. The molecule has 0 fully saturated rings. The summed E-state index contributed by atoms with van der Waals surface area (Å²) in [5.74, 6) is 0. The Balaban J connectivity index is 2.35. The molecule has 2 N–H and O–H groups in total. The van der Waals surface area contributed by atoms with E-state index in [0.717, 1.165) is 11.3 Å². The van der Waals surface area contributed by atoms with E-state index < -0.39 is 4.92 Å². The molecule has 15 heavy (non-hydrogen) atoms. The molecule has 5 nitrogen and oxygen atoms in total. The SMILES string of the molecule is Nc1cc(-c2ccc([N+](=O)[O-])cc2)ns1. The molecule has 2 aromatic rings. The molecule has 1 aromatic carbocycles. The van der Waals surface area contributed by atoms with Crippen molar-refractivity contribution in [3.8, 4) is 11.3 Å². The maximum absolute atomic E-state index is 10.4. The van der Waals surface area contributed by atoms with Crippen molar-refractivity contribution >= 4 is 22.2 Å². The quantitative estimate of drug-likeness (QED) is 0.623. The van der Waals surface area contributed by atoms with Crippen molar-refractivity contribution in [2.45, 2.75) is 0 Å². The van der Waals surface area contributed by atoms with Crippen LogP contribution in [0.1, 0.15) is 0 Å². The molecule has 0 atom stereocenters. The van der Waals surface area contributed by atoms with Gasteiger partial charge in [0.1, 0.15) is 5.00 Å². The fourth-order valence-corrected chi connectivity index (χ4v) is 1.71. The number of non-ortho nitro benzene ring substituents is 1. The summed E-state index contributed by atoms with van der Waals surface area (Å²) in [7, 11) is 0. The lowest BCUT2D eigenvalue weighted by Crippen LogP contribution is -1.87. The van der Waals surface area contributed by atoms with Gasteiger partial charge in [-0.05, 0) is 23.7 Å². The van der Waals surface area contributed by atoms with Crippen LogP contribution in [0.25, 0.3) is 11.3 Å². The van der Waals surface area contributed by atoms with Crippen LogP contribution in [0.2, 0.25) is 0 Å². The summed E-state index contributed by atoms with van der Waals surface area (Å²) in [5.41, 5.74) is 7.18. The number of nitrogen functional groups attached to an aromatic ring is 1. The minimum absolute atomic E-state index is 0.0713. The average Bonchev–Trinajstić information content (AvgIpc) is 2.65. The molecule has 1 heterocycles. The van der Waals surface area contributed by atoms with Gasteiger partial charge in [-0.2, -0.15) is 4.37 Å². The van der Waals surface area contributed by atoms with E-state index in [4.69, 9.17) is 5.73 Å². The Morgan fingerprint density at radius 1 is 1.33 bits per heavy atom. The molecule has 0 aliphatic carbocycles. The number of rotatable bonds is 2. The van der Waals surface area contributed by atoms with Gasteiger partial charge in [0.2, 0.25) is 0 Å². The van der Waals surface area contributed by atoms with Gasteiger partial charge in [-0.1, -0.05) is 0 Å². The molecular formula is C9H7N3O2S. The number of nitrogens with two attached hydrogens (primary N) is 1. The van der Waals surface area contributed by atoms with Crippen LogP contribution < -0.4 is 5.73 Å². The van der Waals surface area contributed by atoms with Crippen LogP contribution in [0.5, 0.6) is 0 Å². The fourth-order valence-electron chi connectivity index (χ4n) is 1.18. The molecule has 2 rings (SSSR count). The number of hydrogen-bond acceptors (Lipinski definition) is 5. The lowest BCUT2D eigenvalue weighted by Gasteiger charge is -1.95. The van der Waals surface area contributed by atoms with Crippen molar-refractivity contribution < 1.29 is 4.92 Å². The fraction of sp³-hybridized carbons (Fsp3) is 0. The molecule has 0 bridgehead atoms. The summed E-state index contributed by atoms with van der Waals surface area (Å²) in [6, 6.07) is 7.96. The second-order valence-corrected chi connectivity index (χ2v) is 3.76. The molecule has 0 saturated heterocycles. The Morgan fingerprint density at radius 3 is 2.47 bits per heavy atom. The molecule has 0 aliphatic heterocycles. The summed E-state index contributed by atoms with van der Waals surface area (Å²) in [5, 5.41) is 11.1. The number of aromatic nitrogens is 1. The summed E-state index contributed by atoms with van der Waals surface area (Å²) in [4.78, 5) is 9.99. The zero-order valence-electron chi connectivity index (χ0n) is 7.58. The van der Waals surface area contributed by atoms with Crippen LogP contribution >= 0.6 is 11.5 Å².